The van der Waals surface area contributed by atoms with Crippen LogP contribution in [0.15, 0.2) is 82.1 Å². The van der Waals surface area contributed by atoms with Crippen molar-refractivity contribution in [2.75, 3.05) is 0 Å². The molecule has 1 aromatic heterocycles. The zero-order valence-corrected chi connectivity index (χ0v) is 15.8. The van der Waals surface area contributed by atoms with Gasteiger partial charge in [0.15, 0.2) is 0 Å². The molecule has 0 aliphatic carbocycles. The van der Waals surface area contributed by atoms with Crippen LogP contribution in [0.3, 0.4) is 0 Å². The van der Waals surface area contributed by atoms with E-state index in [2.05, 4.69) is 20.9 Å². The Kier molecular flexibility index (Phi) is 4.60. The largest absolute Gasteiger partial charge is 0.507 e. The number of phenols is 1. The normalized spacial score (nSPS) is 11.3. The van der Waals surface area contributed by atoms with E-state index in [9.17, 15) is 9.90 Å². The molecule has 1 N–H and O–H groups in total. The van der Waals surface area contributed by atoms with Gasteiger partial charge in [0.05, 0.1) is 16.6 Å². The molecule has 5 heteroatoms. The number of nitrogens with zero attached hydrogens (tertiary/aromatic N) is 2. The molecule has 4 nitrogen and oxygen atoms in total. The van der Waals surface area contributed by atoms with Gasteiger partial charge < -0.3 is 5.11 Å². The second-order valence-electron chi connectivity index (χ2n) is 6.00. The molecule has 132 valence electrons. The van der Waals surface area contributed by atoms with Gasteiger partial charge in [-0.2, -0.15) is 0 Å². The zero-order chi connectivity index (χ0) is 18.8. The van der Waals surface area contributed by atoms with Crippen LogP contribution in [-0.4, -0.2) is 14.7 Å². The maximum absolute atomic E-state index is 13.1. The standard InChI is InChI=1S/C22H15BrN2O2/c23-16-11-12-20(26)15(14-16)10-13-21-24-19-9-5-4-8-18(19)22(27)25(21)17-6-2-1-3-7-17/h1-14,26H. The smallest absolute Gasteiger partial charge is 0.266 e. The fourth-order valence-electron chi connectivity index (χ4n) is 2.91. The van der Waals surface area contributed by atoms with Crippen LogP contribution in [0.4, 0.5) is 0 Å². The number of para-hydroxylation sites is 2. The highest BCUT2D eigenvalue weighted by atomic mass is 79.9. The summed E-state index contributed by atoms with van der Waals surface area (Å²) in [4.78, 5) is 17.8. The number of fused-ring (bicyclic) bond motifs is 1. The molecule has 0 amide bonds. The summed E-state index contributed by atoms with van der Waals surface area (Å²) in [6.45, 7) is 0. The molecule has 0 saturated carbocycles. The first-order valence-electron chi connectivity index (χ1n) is 8.37. The van der Waals surface area contributed by atoms with Gasteiger partial charge in [-0.15, -0.1) is 0 Å². The Bertz CT molecular complexity index is 1210. The van der Waals surface area contributed by atoms with E-state index in [0.29, 0.717) is 22.3 Å². The predicted octanol–water partition coefficient (Wildman–Crippen LogP) is 5.02. The van der Waals surface area contributed by atoms with Crippen LogP contribution in [-0.2, 0) is 0 Å². The van der Waals surface area contributed by atoms with Crippen LogP contribution in [0.25, 0.3) is 28.7 Å². The van der Waals surface area contributed by atoms with Crippen molar-refractivity contribution in [2.45, 2.75) is 0 Å². The highest BCUT2D eigenvalue weighted by Gasteiger charge is 2.10. The Morgan fingerprint density at radius 3 is 2.48 bits per heavy atom. The van der Waals surface area contributed by atoms with Crippen LogP contribution >= 0.6 is 15.9 Å². The first kappa shape index (κ1) is 17.2. The van der Waals surface area contributed by atoms with Crippen molar-refractivity contribution < 1.29 is 5.11 Å². The molecule has 0 radical (unpaired) electrons. The molecule has 0 aliphatic rings. The quantitative estimate of drug-likeness (QED) is 0.507. The summed E-state index contributed by atoms with van der Waals surface area (Å²) in [5.74, 6) is 0.646. The molecule has 0 fully saturated rings. The van der Waals surface area contributed by atoms with E-state index in [1.165, 1.54) is 0 Å². The SMILES string of the molecule is O=c1c2ccccc2nc(C=Cc2cc(Br)ccc2O)n1-c1ccccc1. The lowest BCUT2D eigenvalue weighted by molar-refractivity contribution is 0.474. The van der Waals surface area contributed by atoms with Crippen LogP contribution in [0, 0.1) is 0 Å². The van der Waals surface area contributed by atoms with Crippen molar-refractivity contribution in [3.8, 4) is 11.4 Å². The van der Waals surface area contributed by atoms with Crippen molar-refractivity contribution in [1.82, 2.24) is 9.55 Å². The minimum atomic E-state index is -0.134. The second-order valence-corrected chi connectivity index (χ2v) is 6.92. The van der Waals surface area contributed by atoms with Gasteiger partial charge in [0.2, 0.25) is 0 Å². The lowest BCUT2D eigenvalue weighted by atomic mass is 10.2. The maximum atomic E-state index is 13.1. The third kappa shape index (κ3) is 3.41. The third-order valence-electron chi connectivity index (χ3n) is 4.22. The second kappa shape index (κ2) is 7.21. The van der Waals surface area contributed by atoms with Crippen LogP contribution in [0.5, 0.6) is 5.75 Å². The summed E-state index contributed by atoms with van der Waals surface area (Å²) in [7, 11) is 0. The van der Waals surface area contributed by atoms with Gasteiger partial charge in [0, 0.05) is 10.0 Å². The molecule has 0 aliphatic heterocycles. The average Bonchev–Trinajstić information content (AvgIpc) is 2.69. The molecule has 4 rings (SSSR count). The molecule has 0 bridgehead atoms. The number of aromatic hydroxyl groups is 1. The number of rotatable bonds is 3. The van der Waals surface area contributed by atoms with Crippen molar-refractivity contribution in [1.29, 1.82) is 0 Å². The molecular formula is C22H15BrN2O2. The van der Waals surface area contributed by atoms with Crippen molar-refractivity contribution in [3.63, 3.8) is 0 Å². The lowest BCUT2D eigenvalue weighted by Gasteiger charge is -2.11. The van der Waals surface area contributed by atoms with Crippen molar-refractivity contribution in [2.24, 2.45) is 0 Å². The van der Waals surface area contributed by atoms with Gasteiger partial charge in [0.1, 0.15) is 11.6 Å². The summed E-state index contributed by atoms with van der Waals surface area (Å²) >= 11 is 3.40. The Balaban J connectivity index is 1.95. The highest BCUT2D eigenvalue weighted by molar-refractivity contribution is 9.10. The molecule has 1 heterocycles. The maximum Gasteiger partial charge on any atom is 0.266 e. The molecule has 0 saturated heterocycles. The number of halogens is 1. The number of aromatic nitrogens is 2. The van der Waals surface area contributed by atoms with E-state index in [1.807, 2.05) is 48.5 Å². The molecule has 0 spiro atoms. The van der Waals surface area contributed by atoms with Gasteiger partial charge >= 0.3 is 0 Å². The Labute approximate surface area is 164 Å². The van der Waals surface area contributed by atoms with Gasteiger partial charge in [-0.05, 0) is 54.6 Å². The number of hydrogen-bond acceptors (Lipinski definition) is 3. The van der Waals surface area contributed by atoms with E-state index in [1.54, 1.807) is 41.0 Å². The number of phenolic OH excluding ortho intramolecular Hbond substituents is 1. The number of benzene rings is 3. The predicted molar refractivity (Wildman–Crippen MR) is 112 cm³/mol. The topological polar surface area (TPSA) is 55.1 Å². The first-order valence-corrected chi connectivity index (χ1v) is 9.16. The molecule has 27 heavy (non-hydrogen) atoms. The monoisotopic (exact) mass is 418 g/mol. The van der Waals surface area contributed by atoms with Gasteiger partial charge in [-0.25, -0.2) is 4.98 Å². The van der Waals surface area contributed by atoms with E-state index in [-0.39, 0.29) is 11.3 Å². The van der Waals surface area contributed by atoms with Gasteiger partial charge in [-0.1, -0.05) is 46.3 Å². The number of hydrogen-bond donors (Lipinski definition) is 1. The minimum Gasteiger partial charge on any atom is -0.507 e. The van der Waals surface area contributed by atoms with E-state index in [4.69, 9.17) is 0 Å². The fourth-order valence-corrected chi connectivity index (χ4v) is 3.29. The molecule has 3 aromatic carbocycles. The summed E-state index contributed by atoms with van der Waals surface area (Å²) in [6.07, 6.45) is 3.48. The summed E-state index contributed by atoms with van der Waals surface area (Å²) in [5, 5.41) is 10.6. The third-order valence-corrected chi connectivity index (χ3v) is 4.71. The van der Waals surface area contributed by atoms with Crippen molar-refractivity contribution >= 4 is 39.0 Å². The Morgan fingerprint density at radius 1 is 0.926 bits per heavy atom. The fraction of sp³-hybridized carbons (Fsp3) is 0. The average molecular weight is 419 g/mol. The van der Waals surface area contributed by atoms with Crippen LogP contribution in [0.1, 0.15) is 11.4 Å². The van der Waals surface area contributed by atoms with Crippen LogP contribution < -0.4 is 5.56 Å². The zero-order valence-electron chi connectivity index (χ0n) is 14.2. The lowest BCUT2D eigenvalue weighted by Crippen LogP contribution is -2.22. The minimum absolute atomic E-state index is 0.134. The Hall–Kier alpha value is -3.18. The first-order chi connectivity index (χ1) is 13.1. The van der Waals surface area contributed by atoms with Gasteiger partial charge in [-0.3, -0.25) is 9.36 Å². The molecule has 0 atom stereocenters. The summed E-state index contributed by atoms with van der Waals surface area (Å²) in [6, 6.07) is 21.9. The summed E-state index contributed by atoms with van der Waals surface area (Å²) in [5.41, 5.74) is 1.86. The van der Waals surface area contributed by atoms with Gasteiger partial charge in [0.25, 0.3) is 5.56 Å². The Morgan fingerprint density at radius 2 is 1.67 bits per heavy atom. The summed E-state index contributed by atoms with van der Waals surface area (Å²) < 4.78 is 2.43. The van der Waals surface area contributed by atoms with Crippen molar-refractivity contribution in [3.05, 3.63) is 99.0 Å². The van der Waals surface area contributed by atoms with E-state index < -0.39 is 0 Å². The molecular weight excluding hydrogens is 404 g/mol. The molecule has 4 aromatic rings. The van der Waals surface area contributed by atoms with E-state index >= 15 is 0 Å². The van der Waals surface area contributed by atoms with Crippen LogP contribution in [0.2, 0.25) is 0 Å². The van der Waals surface area contributed by atoms with E-state index in [0.717, 1.165) is 10.2 Å². The highest BCUT2D eigenvalue weighted by Crippen LogP contribution is 2.24. The molecule has 0 unspecified atom stereocenters.